The summed E-state index contributed by atoms with van der Waals surface area (Å²) in [5.41, 5.74) is 7.34. The minimum Gasteiger partial charge on any atom is -0.348 e. The van der Waals surface area contributed by atoms with E-state index in [0.717, 1.165) is 25.3 Å². The number of likely N-dealkylation sites (tertiary alicyclic amines) is 1. The number of carbonyl (C=O) groups excluding carboxylic acids is 2. The number of imidazole rings is 1. The van der Waals surface area contributed by atoms with Crippen molar-refractivity contribution in [1.29, 1.82) is 0 Å². The van der Waals surface area contributed by atoms with Crippen molar-refractivity contribution < 1.29 is 31.5 Å². The predicted octanol–water partition coefficient (Wildman–Crippen LogP) is 6.60. The van der Waals surface area contributed by atoms with Crippen molar-refractivity contribution in [3.8, 4) is 11.5 Å². The minimum absolute atomic E-state index is 0.0120. The molecule has 0 unspecified atom stereocenters. The van der Waals surface area contributed by atoms with E-state index in [1.165, 1.54) is 15.2 Å². The van der Waals surface area contributed by atoms with Crippen LogP contribution in [0, 0.1) is 29.5 Å². The average Bonchev–Trinajstić information content (AvgIpc) is 3.93. The van der Waals surface area contributed by atoms with Crippen LogP contribution in [0.15, 0.2) is 30.3 Å². The molecule has 5 heterocycles. The molecule has 270 valence electrons. The van der Waals surface area contributed by atoms with Gasteiger partial charge in [0, 0.05) is 53.9 Å². The van der Waals surface area contributed by atoms with Gasteiger partial charge in [-0.3, -0.25) is 9.59 Å². The quantitative estimate of drug-likeness (QED) is 0.232. The molecule has 2 amide bonds. The molecule has 2 aliphatic heterocycles. The molecule has 4 aromatic rings. The molecule has 9 nitrogen and oxygen atoms in total. The highest BCUT2D eigenvalue weighted by atomic mass is 19.3. The van der Waals surface area contributed by atoms with Gasteiger partial charge in [0.05, 0.1) is 29.5 Å². The van der Waals surface area contributed by atoms with E-state index in [1.54, 1.807) is 30.0 Å². The van der Waals surface area contributed by atoms with E-state index in [4.69, 9.17) is 15.7 Å². The molecule has 3 aliphatic carbocycles. The number of hydrogen-bond acceptors (Lipinski definition) is 5. The highest BCUT2D eigenvalue weighted by Crippen LogP contribution is 2.51. The third kappa shape index (κ3) is 5.59. The van der Waals surface area contributed by atoms with Crippen LogP contribution in [0.25, 0.3) is 33.6 Å². The first-order chi connectivity index (χ1) is 24.4. The number of alkyl halides is 4. The molecule has 4 bridgehead atoms. The standard InChI is InChI=1S/C37H40F5N7O2/c1-17-27-7-5-20-13-30(48(33(20)45-27)16-37(41,42)8-2-3-18-10-23(18)35(50)44-17)34-46-28-12-21(36(51)47-15-26(43)19-4-6-22(47)9-19)11-25(38)31(28)49(34)29-14-24(29)32(39)40/h5,7,11-13,17-19,22-24,26,29,32H,2-4,6,8-10,14-16,43H2,1H3,(H,44,50)/t17-,18-,19-,22+,23-,24-,26+,29-/m1/s1. The second kappa shape index (κ2) is 11.7. The first-order valence-corrected chi connectivity index (χ1v) is 18.1. The monoisotopic (exact) mass is 709 g/mol. The summed E-state index contributed by atoms with van der Waals surface area (Å²) < 4.78 is 79.0. The van der Waals surface area contributed by atoms with E-state index < -0.39 is 49.1 Å². The summed E-state index contributed by atoms with van der Waals surface area (Å²) in [6, 6.07) is 6.20. The maximum Gasteiger partial charge on any atom is 0.265 e. The van der Waals surface area contributed by atoms with Gasteiger partial charge in [0.15, 0.2) is 5.82 Å². The summed E-state index contributed by atoms with van der Waals surface area (Å²) in [6.45, 7) is 1.39. The first-order valence-electron chi connectivity index (χ1n) is 18.1. The topological polar surface area (TPSA) is 111 Å². The highest BCUT2D eigenvalue weighted by Gasteiger charge is 2.49. The summed E-state index contributed by atoms with van der Waals surface area (Å²) in [5, 5.41) is 3.52. The molecule has 51 heavy (non-hydrogen) atoms. The van der Waals surface area contributed by atoms with Crippen LogP contribution in [0.5, 0.6) is 0 Å². The number of piperidine rings is 1. The molecular formula is C37H40F5N7O2. The van der Waals surface area contributed by atoms with Gasteiger partial charge in [0.25, 0.3) is 11.8 Å². The van der Waals surface area contributed by atoms with Crippen LogP contribution >= 0.6 is 0 Å². The molecule has 14 heteroatoms. The van der Waals surface area contributed by atoms with E-state index >= 15 is 13.2 Å². The number of hydrogen-bond donors (Lipinski definition) is 2. The van der Waals surface area contributed by atoms with Gasteiger partial charge in [-0.2, -0.15) is 0 Å². The summed E-state index contributed by atoms with van der Waals surface area (Å²) >= 11 is 0. The number of amides is 2. The third-order valence-corrected chi connectivity index (χ3v) is 12.2. The largest absolute Gasteiger partial charge is 0.348 e. The number of benzene rings is 1. The van der Waals surface area contributed by atoms with Crippen molar-refractivity contribution in [2.45, 2.75) is 101 Å². The Labute approximate surface area is 290 Å². The van der Waals surface area contributed by atoms with Gasteiger partial charge >= 0.3 is 0 Å². The van der Waals surface area contributed by atoms with Crippen molar-refractivity contribution in [1.82, 2.24) is 29.3 Å². The Morgan fingerprint density at radius 1 is 1.06 bits per heavy atom. The van der Waals surface area contributed by atoms with Crippen LogP contribution in [-0.4, -0.2) is 66.8 Å². The number of rotatable bonds is 4. The van der Waals surface area contributed by atoms with Crippen LogP contribution in [0.2, 0.25) is 0 Å². The number of nitrogens with two attached hydrogens (primary N) is 1. The molecule has 4 fully saturated rings. The molecule has 3 N–H and O–H groups in total. The number of aromatic nitrogens is 4. The van der Waals surface area contributed by atoms with Crippen LogP contribution < -0.4 is 11.1 Å². The number of halogens is 5. The fraction of sp³-hybridized carbons (Fsp3) is 0.568. The van der Waals surface area contributed by atoms with Crippen LogP contribution in [-0.2, 0) is 11.3 Å². The predicted molar refractivity (Wildman–Crippen MR) is 179 cm³/mol. The van der Waals surface area contributed by atoms with Gasteiger partial charge in [0.2, 0.25) is 12.3 Å². The lowest BCUT2D eigenvalue weighted by Gasteiger charge is -2.37. The molecule has 5 aliphatic rings. The molecule has 8 atom stereocenters. The molecule has 9 rings (SSSR count). The average molecular weight is 710 g/mol. The van der Waals surface area contributed by atoms with Crippen LogP contribution in [0.3, 0.4) is 0 Å². The smallest absolute Gasteiger partial charge is 0.265 e. The number of nitrogens with zero attached hydrogens (tertiary/aromatic N) is 5. The SMILES string of the molecule is C[C@H]1NC(=O)[C@@H]2C[C@H]2CCCC(F)(F)Cn2c(-c3nc4cc(C(=O)N5C[C@H](N)[C@@H]6CC[C@H]5C6)cc(F)c4n3[C@@H]3C[C@H]3C(F)F)cc3ccc1nc32. The first kappa shape index (κ1) is 32.8. The fourth-order valence-electron chi connectivity index (χ4n) is 9.12. The summed E-state index contributed by atoms with van der Waals surface area (Å²) in [5.74, 6) is -5.24. The lowest BCUT2D eigenvalue weighted by Crippen LogP contribution is -2.51. The van der Waals surface area contributed by atoms with Crippen LogP contribution in [0.4, 0.5) is 22.0 Å². The number of nitrogens with one attached hydrogen (secondary N) is 1. The van der Waals surface area contributed by atoms with E-state index in [9.17, 15) is 18.4 Å². The Morgan fingerprint density at radius 2 is 1.88 bits per heavy atom. The minimum atomic E-state index is -3.18. The fourth-order valence-corrected chi connectivity index (χ4v) is 9.12. The van der Waals surface area contributed by atoms with E-state index in [0.29, 0.717) is 36.4 Å². The molecular weight excluding hydrogens is 669 g/mol. The van der Waals surface area contributed by atoms with Crippen molar-refractivity contribution in [3.63, 3.8) is 0 Å². The van der Waals surface area contributed by atoms with Crippen molar-refractivity contribution in [2.75, 3.05) is 6.54 Å². The van der Waals surface area contributed by atoms with Gasteiger partial charge in [-0.05, 0) is 94.0 Å². The Morgan fingerprint density at radius 3 is 2.67 bits per heavy atom. The zero-order chi connectivity index (χ0) is 35.5. The number of pyridine rings is 1. The lowest BCUT2D eigenvalue weighted by molar-refractivity contribution is -0.123. The number of fused-ring (bicyclic) bond motifs is 5. The maximum absolute atomic E-state index is 16.3. The Bertz CT molecular complexity index is 2080. The van der Waals surface area contributed by atoms with Crippen molar-refractivity contribution >= 4 is 33.9 Å². The van der Waals surface area contributed by atoms with Gasteiger partial charge < -0.3 is 25.1 Å². The molecule has 1 aromatic carbocycles. The molecule has 3 aromatic heterocycles. The summed E-state index contributed by atoms with van der Waals surface area (Å²) in [7, 11) is 0. The lowest BCUT2D eigenvalue weighted by atomic mass is 9.94. The van der Waals surface area contributed by atoms with Gasteiger partial charge in [-0.1, -0.05) is 0 Å². The summed E-state index contributed by atoms with van der Waals surface area (Å²) in [4.78, 5) is 37.9. The molecule has 1 saturated heterocycles. The zero-order valence-electron chi connectivity index (χ0n) is 28.2. The van der Waals surface area contributed by atoms with E-state index in [-0.39, 0.29) is 82.3 Å². The second-order valence-corrected chi connectivity index (χ2v) is 15.6. The normalized spacial score (nSPS) is 31.6. The molecule has 0 radical (unpaired) electrons. The van der Waals surface area contributed by atoms with E-state index in [2.05, 4.69) is 5.32 Å². The Hall–Kier alpha value is -4.07. The maximum atomic E-state index is 16.3. The van der Waals surface area contributed by atoms with Crippen molar-refractivity contribution in [3.05, 3.63) is 47.4 Å². The molecule has 0 spiro atoms. The zero-order valence-corrected chi connectivity index (χ0v) is 28.2. The van der Waals surface area contributed by atoms with E-state index in [1.807, 2.05) is 0 Å². The summed E-state index contributed by atoms with van der Waals surface area (Å²) in [6.07, 6.45) is 0.929. The highest BCUT2D eigenvalue weighted by molar-refractivity contribution is 5.98. The second-order valence-electron chi connectivity index (χ2n) is 15.6. The Kier molecular flexibility index (Phi) is 7.54. The van der Waals surface area contributed by atoms with Gasteiger partial charge in [-0.25, -0.2) is 31.9 Å². The third-order valence-electron chi connectivity index (χ3n) is 12.2. The van der Waals surface area contributed by atoms with Gasteiger partial charge in [0.1, 0.15) is 17.0 Å². The van der Waals surface area contributed by atoms with Crippen LogP contribution in [0.1, 0.15) is 86.4 Å². The molecule has 3 saturated carbocycles. The number of carbonyl (C=O) groups is 2. The van der Waals surface area contributed by atoms with Crippen molar-refractivity contribution in [2.24, 2.45) is 29.4 Å². The van der Waals surface area contributed by atoms with Gasteiger partial charge in [-0.15, -0.1) is 0 Å². The Balaban J connectivity index is 1.19.